The Morgan fingerprint density at radius 1 is 1.53 bits per heavy atom. The highest BCUT2D eigenvalue weighted by molar-refractivity contribution is 5.67. The van der Waals surface area contributed by atoms with E-state index < -0.39 is 5.60 Å². The second-order valence-corrected chi connectivity index (χ2v) is 5.06. The number of amides is 1. The van der Waals surface area contributed by atoms with Gasteiger partial charge < -0.3 is 14.8 Å². The summed E-state index contributed by atoms with van der Waals surface area (Å²) in [6.07, 6.45) is 0.837. The third-order valence-electron chi connectivity index (χ3n) is 2.39. The highest BCUT2D eigenvalue weighted by Crippen LogP contribution is 2.19. The highest BCUT2D eigenvalue weighted by Gasteiger charge is 2.25. The van der Waals surface area contributed by atoms with Crippen LogP contribution in [0.3, 0.4) is 0 Å². The molecule has 15 heavy (non-hydrogen) atoms. The fraction of sp³-hybridized carbons (Fsp3) is 0.909. The minimum Gasteiger partial charge on any atom is -0.444 e. The largest absolute Gasteiger partial charge is 0.444 e. The van der Waals surface area contributed by atoms with Gasteiger partial charge in [0.1, 0.15) is 5.60 Å². The molecule has 0 saturated carbocycles. The number of carbonyl (C=O) groups is 1. The summed E-state index contributed by atoms with van der Waals surface area (Å²) < 4.78 is 10.6. The lowest BCUT2D eigenvalue weighted by Crippen LogP contribution is -2.38. The number of rotatable bonds is 2. The second kappa shape index (κ2) is 4.84. The third kappa shape index (κ3) is 4.51. The van der Waals surface area contributed by atoms with Gasteiger partial charge in [-0.05, 0) is 33.1 Å². The molecule has 0 aromatic heterocycles. The Hall–Kier alpha value is -0.770. The Kier molecular flexibility index (Phi) is 3.97. The number of nitrogens with one attached hydrogen (secondary N) is 1. The molecule has 0 radical (unpaired) electrons. The molecule has 1 aliphatic rings. The lowest BCUT2D eigenvalue weighted by molar-refractivity contribution is 0.0447. The third-order valence-corrected chi connectivity index (χ3v) is 2.39. The summed E-state index contributed by atoms with van der Waals surface area (Å²) in [7, 11) is 0. The van der Waals surface area contributed by atoms with Crippen LogP contribution < -0.4 is 5.32 Å². The first kappa shape index (κ1) is 12.3. The summed E-state index contributed by atoms with van der Waals surface area (Å²) in [6, 6.07) is 0. The molecule has 0 aromatic carbocycles. The number of alkyl carbamates (subject to hydrolysis) is 1. The Labute approximate surface area is 91.3 Å². The molecule has 1 rings (SSSR count). The fourth-order valence-corrected chi connectivity index (χ4v) is 1.51. The average molecular weight is 215 g/mol. The van der Waals surface area contributed by atoms with E-state index in [4.69, 9.17) is 9.47 Å². The highest BCUT2D eigenvalue weighted by atomic mass is 16.6. The van der Waals surface area contributed by atoms with Crippen LogP contribution >= 0.6 is 0 Å². The first-order valence-corrected chi connectivity index (χ1v) is 5.47. The molecule has 1 saturated heterocycles. The summed E-state index contributed by atoms with van der Waals surface area (Å²) in [4.78, 5) is 11.3. The van der Waals surface area contributed by atoms with Crippen LogP contribution in [0.2, 0.25) is 0 Å². The fourth-order valence-electron chi connectivity index (χ4n) is 1.51. The van der Waals surface area contributed by atoms with Gasteiger partial charge in [-0.2, -0.15) is 0 Å². The summed E-state index contributed by atoms with van der Waals surface area (Å²) in [6.45, 7) is 9.01. The minimum absolute atomic E-state index is 0.137. The molecule has 4 heteroatoms. The lowest BCUT2D eigenvalue weighted by Gasteiger charge is -2.21. The van der Waals surface area contributed by atoms with E-state index in [9.17, 15) is 4.79 Å². The number of hydrogen-bond acceptors (Lipinski definition) is 3. The van der Waals surface area contributed by atoms with E-state index in [-0.39, 0.29) is 12.2 Å². The van der Waals surface area contributed by atoms with E-state index in [1.165, 1.54) is 0 Å². The topological polar surface area (TPSA) is 47.6 Å². The summed E-state index contributed by atoms with van der Waals surface area (Å²) >= 11 is 0. The first-order chi connectivity index (χ1) is 6.88. The van der Waals surface area contributed by atoms with Crippen molar-refractivity contribution in [1.29, 1.82) is 0 Å². The van der Waals surface area contributed by atoms with Crippen LogP contribution in [-0.4, -0.2) is 30.9 Å². The Morgan fingerprint density at radius 2 is 2.20 bits per heavy atom. The zero-order chi connectivity index (χ0) is 11.5. The van der Waals surface area contributed by atoms with Gasteiger partial charge in [0, 0.05) is 13.2 Å². The van der Waals surface area contributed by atoms with Gasteiger partial charge in [-0.1, -0.05) is 6.92 Å². The van der Waals surface area contributed by atoms with Crippen molar-refractivity contribution in [2.75, 3.05) is 13.2 Å². The molecule has 0 aromatic rings. The van der Waals surface area contributed by atoms with Gasteiger partial charge in [0.2, 0.25) is 0 Å². The van der Waals surface area contributed by atoms with Crippen LogP contribution in [0.1, 0.15) is 34.1 Å². The molecule has 88 valence electrons. The molecule has 1 heterocycles. The minimum atomic E-state index is -0.438. The van der Waals surface area contributed by atoms with Crippen molar-refractivity contribution in [2.45, 2.75) is 45.8 Å². The SMILES string of the molecule is C[C@@H]1CCO[C@@H]1CNC(=O)OC(C)(C)C. The molecule has 1 fully saturated rings. The molecule has 0 aliphatic carbocycles. The Bertz CT molecular complexity index is 222. The Balaban J connectivity index is 2.22. The van der Waals surface area contributed by atoms with Gasteiger partial charge in [0.25, 0.3) is 0 Å². The Morgan fingerprint density at radius 3 is 2.67 bits per heavy atom. The van der Waals surface area contributed by atoms with Crippen molar-refractivity contribution in [3.05, 3.63) is 0 Å². The van der Waals surface area contributed by atoms with Gasteiger partial charge in [-0.3, -0.25) is 0 Å². The van der Waals surface area contributed by atoms with E-state index >= 15 is 0 Å². The number of ether oxygens (including phenoxy) is 2. The van der Waals surface area contributed by atoms with Crippen LogP contribution in [0.25, 0.3) is 0 Å². The maximum atomic E-state index is 11.3. The number of carbonyl (C=O) groups excluding carboxylic acids is 1. The average Bonchev–Trinajstić information content (AvgIpc) is 2.44. The maximum Gasteiger partial charge on any atom is 0.407 e. The molecule has 0 bridgehead atoms. The molecule has 1 N–H and O–H groups in total. The predicted octanol–water partition coefficient (Wildman–Crippen LogP) is 1.94. The smallest absolute Gasteiger partial charge is 0.407 e. The van der Waals surface area contributed by atoms with Crippen LogP contribution in [-0.2, 0) is 9.47 Å². The van der Waals surface area contributed by atoms with Gasteiger partial charge in [0.05, 0.1) is 6.10 Å². The van der Waals surface area contributed by atoms with Gasteiger partial charge in [0.15, 0.2) is 0 Å². The quantitative estimate of drug-likeness (QED) is 0.765. The molecule has 0 spiro atoms. The molecule has 2 atom stereocenters. The van der Waals surface area contributed by atoms with Crippen molar-refractivity contribution in [3.63, 3.8) is 0 Å². The summed E-state index contributed by atoms with van der Waals surface area (Å²) in [5.41, 5.74) is -0.438. The van der Waals surface area contributed by atoms with Crippen LogP contribution in [0.4, 0.5) is 4.79 Å². The predicted molar refractivity (Wildman–Crippen MR) is 57.8 cm³/mol. The standard InChI is InChI=1S/C11H21NO3/c1-8-5-6-14-9(8)7-12-10(13)15-11(2,3)4/h8-9H,5-7H2,1-4H3,(H,12,13)/t8-,9-/m1/s1. The van der Waals surface area contributed by atoms with E-state index in [2.05, 4.69) is 12.2 Å². The molecule has 1 amide bonds. The van der Waals surface area contributed by atoms with Gasteiger partial charge in [-0.25, -0.2) is 4.79 Å². The van der Waals surface area contributed by atoms with Crippen molar-refractivity contribution >= 4 is 6.09 Å². The number of hydrogen-bond donors (Lipinski definition) is 1. The maximum absolute atomic E-state index is 11.3. The summed E-state index contributed by atoms with van der Waals surface area (Å²) in [5.74, 6) is 0.514. The van der Waals surface area contributed by atoms with E-state index in [1.807, 2.05) is 20.8 Å². The van der Waals surface area contributed by atoms with E-state index in [1.54, 1.807) is 0 Å². The van der Waals surface area contributed by atoms with Crippen molar-refractivity contribution in [1.82, 2.24) is 5.32 Å². The van der Waals surface area contributed by atoms with Gasteiger partial charge >= 0.3 is 6.09 Å². The molecular weight excluding hydrogens is 194 g/mol. The lowest BCUT2D eigenvalue weighted by atomic mass is 10.0. The molecule has 0 unspecified atom stereocenters. The van der Waals surface area contributed by atoms with Crippen LogP contribution in [0.5, 0.6) is 0 Å². The van der Waals surface area contributed by atoms with Gasteiger partial charge in [-0.15, -0.1) is 0 Å². The molecule has 1 aliphatic heterocycles. The zero-order valence-electron chi connectivity index (χ0n) is 10.0. The van der Waals surface area contributed by atoms with Crippen LogP contribution in [0.15, 0.2) is 0 Å². The summed E-state index contributed by atoms with van der Waals surface area (Å²) in [5, 5.41) is 2.73. The van der Waals surface area contributed by atoms with E-state index in [0.717, 1.165) is 13.0 Å². The zero-order valence-corrected chi connectivity index (χ0v) is 10.0. The van der Waals surface area contributed by atoms with Crippen molar-refractivity contribution in [2.24, 2.45) is 5.92 Å². The molecular formula is C11H21NO3. The molecule has 4 nitrogen and oxygen atoms in total. The monoisotopic (exact) mass is 215 g/mol. The first-order valence-electron chi connectivity index (χ1n) is 5.47. The second-order valence-electron chi connectivity index (χ2n) is 5.06. The van der Waals surface area contributed by atoms with Crippen molar-refractivity contribution in [3.8, 4) is 0 Å². The normalized spacial score (nSPS) is 26.4. The van der Waals surface area contributed by atoms with Crippen molar-refractivity contribution < 1.29 is 14.3 Å². The van der Waals surface area contributed by atoms with E-state index in [0.29, 0.717) is 12.5 Å². The van der Waals surface area contributed by atoms with Crippen LogP contribution in [0, 0.1) is 5.92 Å².